The Morgan fingerprint density at radius 3 is 1.50 bits per heavy atom. The van der Waals surface area contributed by atoms with Crippen molar-refractivity contribution in [2.24, 2.45) is 0 Å². The van der Waals surface area contributed by atoms with E-state index in [9.17, 15) is 9.59 Å². The zero-order valence-corrected chi connectivity index (χ0v) is 9.26. The van der Waals surface area contributed by atoms with Crippen molar-refractivity contribution in [2.45, 2.75) is 16.9 Å². The molecule has 2 N–H and O–H groups in total. The minimum Gasteiger partial charge on any atom is -0.778 e. The Morgan fingerprint density at radius 2 is 1.33 bits per heavy atom. The molecule has 0 aliphatic rings. The molecule has 0 aliphatic heterocycles. The van der Waals surface area contributed by atoms with Crippen LogP contribution in [0.25, 0.3) is 0 Å². The second-order valence-corrected chi connectivity index (χ2v) is 3.03. The van der Waals surface area contributed by atoms with Crippen molar-refractivity contribution in [1.29, 1.82) is 0 Å². The van der Waals surface area contributed by atoms with Gasteiger partial charge in [0.1, 0.15) is 0 Å². The number of carbonyl (C=O) groups is 2. The van der Waals surface area contributed by atoms with Crippen LogP contribution in [0.15, 0.2) is 0 Å². The van der Waals surface area contributed by atoms with Crippen LogP contribution in [0.5, 0.6) is 0 Å². The summed E-state index contributed by atoms with van der Waals surface area (Å²) in [5, 5.41) is 14.3. The average molecular weight is 293 g/mol. The van der Waals surface area contributed by atoms with Crippen LogP contribution in [0.2, 0.25) is 0 Å². The smallest absolute Gasteiger partial charge is 0.282 e. The van der Waals surface area contributed by atoms with Gasteiger partial charge in [0, 0.05) is 20.1 Å². The first-order chi connectivity index (χ1) is 4.95. The van der Waals surface area contributed by atoms with Crippen molar-refractivity contribution in [3.63, 3.8) is 0 Å². The van der Waals surface area contributed by atoms with Crippen molar-refractivity contribution in [1.82, 2.24) is 0 Å². The standard InChI is InChI=1S/C5H8O4S2.Tc/c6-4(7)2(10)1-3(11)5(8)9;/h2-3,10-11H,1H2,(H,6,7)(H,8,9);/p-2/i;1+1. The molecule has 0 heterocycles. The number of aliphatic carboxylic acids is 2. The fourth-order valence-electron chi connectivity index (χ4n) is 0.396. The van der Waals surface area contributed by atoms with E-state index in [4.69, 9.17) is 10.2 Å². The first kappa shape index (κ1) is 14.8. The molecule has 2 unspecified atom stereocenters. The fraction of sp³-hybridized carbons (Fsp3) is 0.600. The van der Waals surface area contributed by atoms with E-state index in [-0.39, 0.29) is 26.5 Å². The second kappa shape index (κ2) is 6.77. The van der Waals surface area contributed by atoms with E-state index >= 15 is 0 Å². The molecule has 0 aromatic rings. The molecule has 12 heavy (non-hydrogen) atoms. The van der Waals surface area contributed by atoms with Crippen molar-refractivity contribution in [2.75, 3.05) is 0 Å². The number of hydrogen-bond acceptors (Lipinski definition) is 4. The molecule has 0 fully saturated rings. The van der Waals surface area contributed by atoms with Crippen LogP contribution in [-0.2, 0) is 55.0 Å². The third-order valence-electron chi connectivity index (χ3n) is 0.979. The van der Waals surface area contributed by atoms with Crippen molar-refractivity contribution in [3.8, 4) is 0 Å². The predicted octanol–water partition coefficient (Wildman–Crippen LogP) is -0.626. The van der Waals surface area contributed by atoms with Gasteiger partial charge in [-0.2, -0.15) is 0 Å². The van der Waals surface area contributed by atoms with E-state index in [2.05, 4.69) is 25.3 Å². The quantitative estimate of drug-likeness (QED) is 0.673. The maximum absolute atomic E-state index is 10.1. The third-order valence-corrected chi connectivity index (χ3v) is 1.77. The van der Waals surface area contributed by atoms with E-state index in [0.717, 1.165) is 0 Å². The molecule has 0 saturated heterocycles. The summed E-state index contributed by atoms with van der Waals surface area (Å²) in [6, 6.07) is 0. The van der Waals surface area contributed by atoms with Crippen LogP contribution in [0.4, 0.5) is 0 Å². The Morgan fingerprint density at radius 1 is 1.08 bits per heavy atom. The van der Waals surface area contributed by atoms with Gasteiger partial charge in [0.25, 0.3) is 11.9 Å². The van der Waals surface area contributed by atoms with Gasteiger partial charge >= 0.3 is 0 Å². The minimum absolute atomic E-state index is 0. The van der Waals surface area contributed by atoms with Gasteiger partial charge in [0.15, 0.2) is 0 Å². The number of carboxylic acids is 2. The van der Waals surface area contributed by atoms with Gasteiger partial charge in [-0.15, -0.1) is 0 Å². The summed E-state index contributed by atoms with van der Waals surface area (Å²) in [6.45, 7) is 0. The molecule has 4 nitrogen and oxygen atoms in total. The van der Waals surface area contributed by atoms with E-state index in [0.29, 0.717) is 0 Å². The van der Waals surface area contributed by atoms with Crippen LogP contribution in [0.1, 0.15) is 6.42 Å². The summed E-state index contributed by atoms with van der Waals surface area (Å²) in [7, 11) is 0. The average Bonchev–Trinajstić information content (AvgIpc) is 1.87. The Bertz CT molecular complexity index is 157. The Labute approximate surface area is 93.9 Å². The summed E-state index contributed by atoms with van der Waals surface area (Å²) < 4.78 is 0. The van der Waals surface area contributed by atoms with Crippen LogP contribution >= 0.6 is 0 Å². The van der Waals surface area contributed by atoms with Crippen LogP contribution < -0.4 is 0 Å². The molecule has 0 aromatic carbocycles. The van der Waals surface area contributed by atoms with E-state index < -0.39 is 22.4 Å². The Balaban J connectivity index is 0. The van der Waals surface area contributed by atoms with Crippen LogP contribution in [-0.4, -0.2) is 32.7 Å². The van der Waals surface area contributed by atoms with Gasteiger partial charge in [0.05, 0.1) is 0 Å². The monoisotopic (exact) mass is 293 g/mol. The summed E-state index contributed by atoms with van der Waals surface area (Å²) in [4.78, 5) is 20.2. The molecule has 71 valence electrons. The van der Waals surface area contributed by atoms with Gasteiger partial charge in [-0.05, 0) is 0 Å². The van der Waals surface area contributed by atoms with Gasteiger partial charge in [-0.25, -0.2) is 0 Å². The Kier molecular flexibility index (Phi) is 8.34. The molecule has 2 atom stereocenters. The largest absolute Gasteiger partial charge is 0.778 e. The SMILES string of the molecule is O=C(O)C([S-])CC([S-])C(=O)O.[99Tc]. The number of carboxylic acid groups (broad SMARTS) is 2. The van der Waals surface area contributed by atoms with Crippen LogP contribution in [0, 0.1) is 0 Å². The van der Waals surface area contributed by atoms with E-state index in [1.807, 2.05) is 0 Å². The number of hydrogen-bond donors (Lipinski definition) is 2. The summed E-state index contributed by atoms with van der Waals surface area (Å²) in [6.07, 6.45) is -0.185. The summed E-state index contributed by atoms with van der Waals surface area (Å²) >= 11 is 8.85. The van der Waals surface area contributed by atoms with E-state index in [1.54, 1.807) is 0 Å². The molecule has 0 aromatic heterocycles. The zero-order chi connectivity index (χ0) is 9.02. The summed E-state index contributed by atoms with van der Waals surface area (Å²) in [5.74, 6) is -2.40. The van der Waals surface area contributed by atoms with Gasteiger partial charge in [-0.3, -0.25) is 9.59 Å². The molecule has 0 bridgehead atoms. The molecule has 0 spiro atoms. The topological polar surface area (TPSA) is 74.6 Å². The zero-order valence-electron chi connectivity index (χ0n) is 5.77. The van der Waals surface area contributed by atoms with Crippen molar-refractivity contribution < 1.29 is 39.9 Å². The maximum Gasteiger partial charge on any atom is 0.282 e. The first-order valence-electron chi connectivity index (χ1n) is 2.72. The molecule has 7 heteroatoms. The fourth-order valence-corrected chi connectivity index (χ4v) is 0.903. The molecule has 0 aliphatic carbocycles. The Hall–Kier alpha value is 0.289. The van der Waals surface area contributed by atoms with Gasteiger partial charge in [0.2, 0.25) is 0 Å². The third kappa shape index (κ3) is 5.88. The van der Waals surface area contributed by atoms with Crippen molar-refractivity contribution in [3.05, 3.63) is 0 Å². The maximum atomic E-state index is 10.1. The van der Waals surface area contributed by atoms with Gasteiger partial charge in [-0.1, -0.05) is 16.9 Å². The van der Waals surface area contributed by atoms with Crippen molar-refractivity contribution >= 4 is 37.2 Å². The number of rotatable bonds is 4. The van der Waals surface area contributed by atoms with E-state index in [1.165, 1.54) is 0 Å². The first-order valence-corrected chi connectivity index (χ1v) is 3.66. The molecule has 0 saturated carbocycles. The molecule has 0 rings (SSSR count). The normalized spacial score (nSPS) is 14.2. The van der Waals surface area contributed by atoms with Gasteiger partial charge < -0.3 is 35.5 Å². The van der Waals surface area contributed by atoms with Crippen LogP contribution in [0.3, 0.4) is 0 Å². The minimum atomic E-state index is -1.20. The predicted molar refractivity (Wildman–Crippen MR) is 42.2 cm³/mol. The molecule has 1 radical (unpaired) electrons. The molecular weight excluding hydrogens is 287 g/mol. The second-order valence-electron chi connectivity index (χ2n) is 1.89. The molecular formula is C5H6O4S2Tc-2. The molecule has 0 amide bonds. The summed E-state index contributed by atoms with van der Waals surface area (Å²) in [5.41, 5.74) is 0.